The van der Waals surface area contributed by atoms with Gasteiger partial charge in [-0.15, -0.1) is 11.8 Å². The van der Waals surface area contributed by atoms with Crippen LogP contribution < -0.4 is 10.5 Å². The number of thioether (sulfide) groups is 1. The van der Waals surface area contributed by atoms with Gasteiger partial charge in [-0.05, 0) is 68.0 Å². The lowest BCUT2D eigenvalue weighted by Gasteiger charge is -2.38. The number of methoxy groups -OCH3 is 1. The van der Waals surface area contributed by atoms with Crippen LogP contribution in [0.15, 0.2) is 47.8 Å². The van der Waals surface area contributed by atoms with E-state index in [-0.39, 0.29) is 24.1 Å². The smallest absolute Gasteiger partial charge is 0.303 e. The lowest BCUT2D eigenvalue weighted by Crippen LogP contribution is -2.42. The molecule has 3 N–H and O–H groups in total. The highest BCUT2D eigenvalue weighted by Gasteiger charge is 2.31. The Morgan fingerprint density at radius 2 is 2.11 bits per heavy atom. The van der Waals surface area contributed by atoms with E-state index in [0.717, 1.165) is 19.5 Å². The highest BCUT2D eigenvalue weighted by molar-refractivity contribution is 7.99. The Kier molecular flexibility index (Phi) is 9.28. The molecule has 1 aliphatic rings. The minimum Gasteiger partial charge on any atom is -0.497 e. The van der Waals surface area contributed by atoms with Gasteiger partial charge >= 0.3 is 5.97 Å². The molecule has 198 valence electrons. The van der Waals surface area contributed by atoms with Crippen molar-refractivity contribution in [3.05, 3.63) is 59.9 Å². The highest BCUT2D eigenvalue weighted by atomic mass is 32.2. The maximum atomic E-state index is 14.8. The van der Waals surface area contributed by atoms with Gasteiger partial charge in [0.2, 0.25) is 0 Å². The Morgan fingerprint density at radius 3 is 2.86 bits per heavy atom. The molecule has 3 heterocycles. The topological polar surface area (TPSA) is 102 Å². The zero-order chi connectivity index (χ0) is 26.4. The Bertz CT molecular complexity index is 1230. The number of ether oxygens (including phenoxy) is 1. The number of halogens is 2. The summed E-state index contributed by atoms with van der Waals surface area (Å²) in [5.74, 6) is -0.203. The molecule has 1 aromatic carbocycles. The quantitative estimate of drug-likeness (QED) is 0.338. The Labute approximate surface area is 219 Å². The molecule has 10 heteroatoms. The molecule has 3 atom stereocenters. The summed E-state index contributed by atoms with van der Waals surface area (Å²) in [6.07, 6.45) is 4.91. The fourth-order valence-corrected chi connectivity index (χ4v) is 6.04. The van der Waals surface area contributed by atoms with E-state index < -0.39 is 17.8 Å². The molecule has 7 nitrogen and oxygen atoms in total. The molecule has 3 aromatic rings. The van der Waals surface area contributed by atoms with Crippen molar-refractivity contribution >= 4 is 28.6 Å². The summed E-state index contributed by atoms with van der Waals surface area (Å²) in [4.78, 5) is 22.1. The van der Waals surface area contributed by atoms with Gasteiger partial charge in [0.25, 0.3) is 0 Å². The molecule has 0 aliphatic carbocycles. The maximum absolute atomic E-state index is 14.8. The number of aromatic nitrogens is 2. The van der Waals surface area contributed by atoms with E-state index in [1.807, 2.05) is 0 Å². The average Bonchev–Trinajstić information content (AvgIpc) is 2.88. The van der Waals surface area contributed by atoms with Gasteiger partial charge in [-0.3, -0.25) is 9.78 Å². The van der Waals surface area contributed by atoms with Gasteiger partial charge in [0.1, 0.15) is 16.6 Å². The molecule has 37 heavy (non-hydrogen) atoms. The van der Waals surface area contributed by atoms with Gasteiger partial charge in [-0.25, -0.2) is 13.8 Å². The van der Waals surface area contributed by atoms with Crippen molar-refractivity contribution < 1.29 is 23.4 Å². The van der Waals surface area contributed by atoms with Crippen LogP contribution in [0.1, 0.15) is 37.3 Å². The Hall–Kier alpha value is -2.82. The minimum absolute atomic E-state index is 0.0332. The predicted molar refractivity (Wildman–Crippen MR) is 140 cm³/mol. The second-order valence-corrected chi connectivity index (χ2v) is 10.5. The molecule has 1 aliphatic heterocycles. The molecular weight excluding hydrogens is 498 g/mol. The van der Waals surface area contributed by atoms with Crippen LogP contribution in [0.5, 0.6) is 5.75 Å². The van der Waals surface area contributed by atoms with Crippen molar-refractivity contribution in [2.75, 3.05) is 32.5 Å². The normalized spacial score (nSPS) is 19.1. The number of nitrogens with two attached hydrogens (primary N) is 1. The number of nitrogens with zero attached hydrogens (tertiary/aromatic N) is 3. The van der Waals surface area contributed by atoms with Crippen LogP contribution in [-0.2, 0) is 4.79 Å². The van der Waals surface area contributed by atoms with Crippen LogP contribution in [0.2, 0.25) is 0 Å². The number of likely N-dealkylation sites (tertiary alicyclic amines) is 1. The van der Waals surface area contributed by atoms with Gasteiger partial charge < -0.3 is 20.5 Å². The monoisotopic (exact) mass is 530 g/mol. The number of carbonyl (C=O) groups is 1. The van der Waals surface area contributed by atoms with Gasteiger partial charge in [0.05, 0.1) is 18.8 Å². The summed E-state index contributed by atoms with van der Waals surface area (Å²) >= 11 is 1.36. The molecule has 0 radical (unpaired) electrons. The lowest BCUT2D eigenvalue weighted by molar-refractivity contribution is -0.139. The number of hydrogen-bond acceptors (Lipinski definition) is 7. The van der Waals surface area contributed by atoms with Crippen molar-refractivity contribution in [1.29, 1.82) is 0 Å². The zero-order valence-corrected chi connectivity index (χ0v) is 21.6. The van der Waals surface area contributed by atoms with E-state index in [1.165, 1.54) is 24.0 Å². The van der Waals surface area contributed by atoms with E-state index in [2.05, 4.69) is 14.9 Å². The van der Waals surface area contributed by atoms with Crippen LogP contribution in [0.25, 0.3) is 10.9 Å². The van der Waals surface area contributed by atoms with Crippen LogP contribution in [0.3, 0.4) is 0 Å². The van der Waals surface area contributed by atoms with Crippen molar-refractivity contribution in [1.82, 2.24) is 14.9 Å². The molecule has 1 saturated heterocycles. The molecule has 1 fully saturated rings. The fourth-order valence-electron chi connectivity index (χ4n) is 5.15. The molecule has 0 amide bonds. The van der Waals surface area contributed by atoms with Gasteiger partial charge in [-0.2, -0.15) is 0 Å². The van der Waals surface area contributed by atoms with Crippen LogP contribution in [-0.4, -0.2) is 58.4 Å². The third-order valence-electron chi connectivity index (χ3n) is 7.07. The number of rotatable bonds is 11. The third kappa shape index (κ3) is 6.94. The molecule has 2 aromatic heterocycles. The summed E-state index contributed by atoms with van der Waals surface area (Å²) in [7, 11) is 1.55. The lowest BCUT2D eigenvalue weighted by atomic mass is 9.79. The molecule has 0 saturated carbocycles. The molecule has 0 bridgehead atoms. The molecule has 4 rings (SSSR count). The molecule has 0 unspecified atom stereocenters. The number of carboxylic acid groups (broad SMARTS) is 1. The summed E-state index contributed by atoms with van der Waals surface area (Å²) < 4.78 is 34.0. The van der Waals surface area contributed by atoms with Crippen molar-refractivity contribution in [3.63, 3.8) is 0 Å². The Balaban J connectivity index is 1.38. The van der Waals surface area contributed by atoms with Crippen molar-refractivity contribution in [2.24, 2.45) is 17.6 Å². The number of carboxylic acids is 1. The van der Waals surface area contributed by atoms with E-state index in [1.54, 1.807) is 37.6 Å². The number of aliphatic carboxylic acids is 1. The second-order valence-electron chi connectivity index (χ2n) is 9.43. The Morgan fingerprint density at radius 1 is 1.27 bits per heavy atom. The molecular formula is C27H32F2N4O3S. The van der Waals surface area contributed by atoms with E-state index in [4.69, 9.17) is 10.5 Å². The largest absolute Gasteiger partial charge is 0.497 e. The summed E-state index contributed by atoms with van der Waals surface area (Å²) in [6.45, 7) is 2.20. The number of fused-ring (bicyclic) bond motifs is 1. The predicted octanol–water partition coefficient (Wildman–Crippen LogP) is 4.90. The maximum Gasteiger partial charge on any atom is 0.303 e. The van der Waals surface area contributed by atoms with Gasteiger partial charge in [-0.1, -0.05) is 0 Å². The third-order valence-corrected chi connectivity index (χ3v) is 8.03. The first kappa shape index (κ1) is 27.2. The first-order chi connectivity index (χ1) is 17.9. The number of hydrogen-bond donors (Lipinski definition) is 2. The fraction of sp³-hybridized carbons (Fsp3) is 0.444. The van der Waals surface area contributed by atoms with E-state index in [9.17, 15) is 18.7 Å². The SMILES string of the molecule is COc1ccc2ncc(F)c([C@@H](N)CC[C@@H]3CCN(CCSc4ncccc4F)C[C@H]3CC(=O)O)c2c1. The second kappa shape index (κ2) is 12.6. The van der Waals surface area contributed by atoms with Crippen LogP contribution in [0, 0.1) is 23.5 Å². The number of pyridine rings is 2. The number of benzene rings is 1. The van der Waals surface area contributed by atoms with Gasteiger partial charge in [0, 0.05) is 48.5 Å². The average molecular weight is 531 g/mol. The van der Waals surface area contributed by atoms with Crippen LogP contribution in [0.4, 0.5) is 8.78 Å². The summed E-state index contributed by atoms with van der Waals surface area (Å²) in [6, 6.07) is 7.72. The highest BCUT2D eigenvalue weighted by Crippen LogP contribution is 2.35. The van der Waals surface area contributed by atoms with Crippen LogP contribution >= 0.6 is 11.8 Å². The van der Waals surface area contributed by atoms with E-state index >= 15 is 0 Å². The summed E-state index contributed by atoms with van der Waals surface area (Å²) in [5, 5.41) is 10.5. The number of piperidine rings is 1. The summed E-state index contributed by atoms with van der Waals surface area (Å²) in [5.41, 5.74) is 7.56. The van der Waals surface area contributed by atoms with Crippen molar-refractivity contribution in [3.8, 4) is 5.75 Å². The standard InChI is InChI=1S/C27H32F2N4O3S/c1-36-19-5-7-24-20(14-19)26(22(29)15-32-24)23(30)6-4-17-8-10-33(16-18(17)13-25(34)35)11-12-37-27-21(28)3-2-9-31-27/h2-3,5,7,9,14-15,17-18,23H,4,6,8,10-13,16,30H2,1H3,(H,34,35)/t17-,18-,23+/m1/s1. The zero-order valence-electron chi connectivity index (χ0n) is 20.8. The first-order valence-electron chi connectivity index (χ1n) is 12.4. The van der Waals surface area contributed by atoms with E-state index in [0.29, 0.717) is 52.4 Å². The minimum atomic E-state index is -0.829. The van der Waals surface area contributed by atoms with Crippen molar-refractivity contribution in [2.45, 2.75) is 36.8 Å². The molecule has 0 spiro atoms. The van der Waals surface area contributed by atoms with Gasteiger partial charge in [0.15, 0.2) is 5.82 Å². The first-order valence-corrected chi connectivity index (χ1v) is 13.4.